The number of fused-ring (bicyclic) bond motifs is 1. The molecule has 0 radical (unpaired) electrons. The first kappa shape index (κ1) is 8.07. The van der Waals surface area contributed by atoms with Crippen LogP contribution < -0.4 is 5.56 Å². The van der Waals surface area contributed by atoms with Crippen LogP contribution in [0.5, 0.6) is 0 Å². The summed E-state index contributed by atoms with van der Waals surface area (Å²) in [5, 5.41) is 9.84. The summed E-state index contributed by atoms with van der Waals surface area (Å²) in [5.41, 5.74) is 2.01. The Labute approximate surface area is 74.2 Å². The third-order valence-electron chi connectivity index (χ3n) is 2.25. The minimum Gasteiger partial charge on any atom is -0.390 e. The minimum absolute atomic E-state index is 0.0695. The normalized spacial score (nSPS) is 10.9. The van der Waals surface area contributed by atoms with E-state index in [-0.39, 0.29) is 12.2 Å². The summed E-state index contributed by atoms with van der Waals surface area (Å²) in [6, 6.07) is 1.82. The highest BCUT2D eigenvalue weighted by molar-refractivity contribution is 5.83. The third-order valence-corrected chi connectivity index (χ3v) is 2.25. The van der Waals surface area contributed by atoms with Gasteiger partial charge in [0.25, 0.3) is 5.56 Å². The second-order valence-electron chi connectivity index (χ2n) is 2.98. The molecule has 2 aromatic rings. The van der Waals surface area contributed by atoms with Crippen molar-refractivity contribution in [1.82, 2.24) is 9.97 Å². The smallest absolute Gasteiger partial charge is 0.272 e. The average molecular weight is 178 g/mol. The lowest BCUT2D eigenvalue weighted by molar-refractivity contribution is 0.277. The summed E-state index contributed by atoms with van der Waals surface area (Å²) in [4.78, 5) is 16.8. The van der Waals surface area contributed by atoms with Gasteiger partial charge in [0.15, 0.2) is 0 Å². The summed E-state index contributed by atoms with van der Waals surface area (Å²) in [6.45, 7) is 1.81. The Kier molecular flexibility index (Phi) is 1.70. The molecule has 4 nitrogen and oxygen atoms in total. The van der Waals surface area contributed by atoms with Crippen LogP contribution in [0, 0.1) is 6.92 Å². The molecule has 0 aliphatic heterocycles. The van der Waals surface area contributed by atoms with Crippen molar-refractivity contribution in [2.75, 3.05) is 0 Å². The lowest BCUT2D eigenvalue weighted by atomic mass is 10.2. The number of rotatable bonds is 1. The van der Waals surface area contributed by atoms with E-state index in [9.17, 15) is 4.79 Å². The van der Waals surface area contributed by atoms with Crippen LogP contribution in [0.25, 0.3) is 10.9 Å². The first-order chi connectivity index (χ1) is 6.24. The Morgan fingerprint density at radius 3 is 2.92 bits per heavy atom. The van der Waals surface area contributed by atoms with E-state index in [2.05, 4.69) is 9.97 Å². The highest BCUT2D eigenvalue weighted by Crippen LogP contribution is 2.17. The number of aliphatic hydroxyl groups excluding tert-OH is 1. The average Bonchev–Trinajstić information content (AvgIpc) is 2.45. The van der Waals surface area contributed by atoms with Gasteiger partial charge in [0.2, 0.25) is 0 Å². The SMILES string of the molecule is Cc1c(CO)[nH]c2c(=O)[nH]ccc12. The lowest BCUT2D eigenvalue weighted by Gasteiger charge is -1.90. The largest absolute Gasteiger partial charge is 0.390 e. The molecule has 2 rings (SSSR count). The molecule has 4 heteroatoms. The fraction of sp³-hybridized carbons (Fsp3) is 0.222. The van der Waals surface area contributed by atoms with Crippen molar-refractivity contribution in [3.63, 3.8) is 0 Å². The molecule has 0 aliphatic rings. The van der Waals surface area contributed by atoms with E-state index in [4.69, 9.17) is 5.11 Å². The molecular formula is C9H10N2O2. The van der Waals surface area contributed by atoms with Gasteiger partial charge in [0.1, 0.15) is 5.52 Å². The molecule has 0 bridgehead atoms. The highest BCUT2D eigenvalue weighted by atomic mass is 16.3. The van der Waals surface area contributed by atoms with Crippen LogP contribution in [-0.4, -0.2) is 15.1 Å². The van der Waals surface area contributed by atoms with E-state index in [1.807, 2.05) is 13.0 Å². The van der Waals surface area contributed by atoms with Crippen LogP contribution in [0.2, 0.25) is 0 Å². The van der Waals surface area contributed by atoms with Gasteiger partial charge in [-0.3, -0.25) is 4.79 Å². The van der Waals surface area contributed by atoms with Crippen molar-refractivity contribution < 1.29 is 5.11 Å². The van der Waals surface area contributed by atoms with Crippen LogP contribution in [0.1, 0.15) is 11.3 Å². The number of aryl methyl sites for hydroxylation is 1. The first-order valence-electron chi connectivity index (χ1n) is 4.03. The topological polar surface area (TPSA) is 68.9 Å². The molecule has 2 heterocycles. The molecule has 13 heavy (non-hydrogen) atoms. The molecule has 0 spiro atoms. The lowest BCUT2D eigenvalue weighted by Crippen LogP contribution is -2.03. The van der Waals surface area contributed by atoms with Crippen molar-refractivity contribution in [1.29, 1.82) is 0 Å². The molecular weight excluding hydrogens is 168 g/mol. The van der Waals surface area contributed by atoms with E-state index in [1.165, 1.54) is 0 Å². The number of aliphatic hydroxyl groups is 1. The molecule has 68 valence electrons. The Balaban J connectivity index is 2.92. The van der Waals surface area contributed by atoms with E-state index in [0.717, 1.165) is 10.9 Å². The Morgan fingerprint density at radius 2 is 2.31 bits per heavy atom. The van der Waals surface area contributed by atoms with Gasteiger partial charge in [-0.1, -0.05) is 0 Å². The standard InChI is InChI=1S/C9H10N2O2/c1-5-6-2-3-10-9(13)8(6)11-7(5)4-12/h2-3,11-12H,4H2,1H3,(H,10,13). The first-order valence-corrected chi connectivity index (χ1v) is 4.03. The van der Waals surface area contributed by atoms with Gasteiger partial charge in [-0.15, -0.1) is 0 Å². The predicted molar refractivity (Wildman–Crippen MR) is 49.6 cm³/mol. The zero-order chi connectivity index (χ0) is 9.42. The molecule has 0 saturated carbocycles. The quantitative estimate of drug-likeness (QED) is 0.600. The fourth-order valence-corrected chi connectivity index (χ4v) is 1.48. The second-order valence-corrected chi connectivity index (χ2v) is 2.98. The van der Waals surface area contributed by atoms with Crippen LogP contribution in [0.3, 0.4) is 0 Å². The van der Waals surface area contributed by atoms with Crippen LogP contribution in [0.4, 0.5) is 0 Å². The maximum absolute atomic E-state index is 11.3. The predicted octanol–water partition coefficient (Wildman–Crippen LogP) is 0.657. The molecule has 3 N–H and O–H groups in total. The summed E-state index contributed by atoms with van der Waals surface area (Å²) < 4.78 is 0. The van der Waals surface area contributed by atoms with Crippen molar-refractivity contribution in [2.24, 2.45) is 0 Å². The van der Waals surface area contributed by atoms with E-state index < -0.39 is 0 Å². The van der Waals surface area contributed by atoms with Gasteiger partial charge in [-0.2, -0.15) is 0 Å². The van der Waals surface area contributed by atoms with Crippen LogP contribution >= 0.6 is 0 Å². The van der Waals surface area contributed by atoms with Crippen molar-refractivity contribution in [3.8, 4) is 0 Å². The molecule has 0 amide bonds. The maximum Gasteiger partial charge on any atom is 0.272 e. The van der Waals surface area contributed by atoms with Gasteiger partial charge in [0, 0.05) is 17.3 Å². The maximum atomic E-state index is 11.3. The molecule has 0 aliphatic carbocycles. The van der Waals surface area contributed by atoms with E-state index in [0.29, 0.717) is 11.2 Å². The number of nitrogens with one attached hydrogen (secondary N) is 2. The molecule has 2 aromatic heterocycles. The van der Waals surface area contributed by atoms with Gasteiger partial charge in [-0.05, 0) is 18.6 Å². The summed E-state index contributed by atoms with van der Waals surface area (Å²) in [5.74, 6) is 0. The van der Waals surface area contributed by atoms with E-state index in [1.54, 1.807) is 6.20 Å². The number of aromatic amines is 2. The summed E-state index contributed by atoms with van der Waals surface area (Å²) in [7, 11) is 0. The van der Waals surface area contributed by atoms with Crippen LogP contribution in [0.15, 0.2) is 17.1 Å². The minimum atomic E-state index is -0.152. The number of pyridine rings is 1. The fourth-order valence-electron chi connectivity index (χ4n) is 1.48. The second kappa shape index (κ2) is 2.74. The van der Waals surface area contributed by atoms with Gasteiger partial charge < -0.3 is 15.1 Å². The highest BCUT2D eigenvalue weighted by Gasteiger charge is 2.07. The summed E-state index contributed by atoms with van der Waals surface area (Å²) >= 11 is 0. The van der Waals surface area contributed by atoms with Gasteiger partial charge in [-0.25, -0.2) is 0 Å². The monoisotopic (exact) mass is 178 g/mol. The Morgan fingerprint density at radius 1 is 1.54 bits per heavy atom. The van der Waals surface area contributed by atoms with Crippen LogP contribution in [-0.2, 0) is 6.61 Å². The zero-order valence-electron chi connectivity index (χ0n) is 7.22. The number of hydrogen-bond acceptors (Lipinski definition) is 2. The van der Waals surface area contributed by atoms with Gasteiger partial charge >= 0.3 is 0 Å². The molecule has 0 atom stereocenters. The van der Waals surface area contributed by atoms with E-state index >= 15 is 0 Å². The molecule has 0 aromatic carbocycles. The third kappa shape index (κ3) is 1.07. The number of H-pyrrole nitrogens is 2. The Hall–Kier alpha value is -1.55. The number of aromatic nitrogens is 2. The molecule has 0 fully saturated rings. The summed E-state index contributed by atoms with van der Waals surface area (Å²) in [6.07, 6.45) is 1.60. The molecule has 0 unspecified atom stereocenters. The van der Waals surface area contributed by atoms with Crippen molar-refractivity contribution in [2.45, 2.75) is 13.5 Å². The zero-order valence-corrected chi connectivity index (χ0v) is 7.22. The molecule has 0 saturated heterocycles. The van der Waals surface area contributed by atoms with Crippen molar-refractivity contribution >= 4 is 10.9 Å². The van der Waals surface area contributed by atoms with Crippen molar-refractivity contribution in [3.05, 3.63) is 33.9 Å². The van der Waals surface area contributed by atoms with Gasteiger partial charge in [0.05, 0.1) is 6.61 Å². The number of hydrogen-bond donors (Lipinski definition) is 3. The Bertz CT molecular complexity index is 496.